The summed E-state index contributed by atoms with van der Waals surface area (Å²) in [5, 5.41) is 9.23. The van der Waals surface area contributed by atoms with Gasteiger partial charge in [0.25, 0.3) is 0 Å². The van der Waals surface area contributed by atoms with Gasteiger partial charge in [0.15, 0.2) is 0 Å². The zero-order valence-corrected chi connectivity index (χ0v) is 20.5. The molecule has 1 fully saturated rings. The Labute approximate surface area is 209 Å². The predicted octanol–water partition coefficient (Wildman–Crippen LogP) is 5.55. The van der Waals surface area contributed by atoms with Crippen LogP contribution < -0.4 is 4.74 Å². The Morgan fingerprint density at radius 1 is 1.23 bits per heavy atom. The molecule has 0 saturated carbocycles. The summed E-state index contributed by atoms with van der Waals surface area (Å²) >= 11 is 5.81. The molecule has 1 saturated heterocycles. The van der Waals surface area contributed by atoms with Crippen LogP contribution in [0.4, 0.5) is 4.39 Å². The van der Waals surface area contributed by atoms with Crippen molar-refractivity contribution in [2.75, 3.05) is 13.1 Å². The smallest absolute Gasteiger partial charge is 0.303 e. The number of halogens is 2. The summed E-state index contributed by atoms with van der Waals surface area (Å²) < 4.78 is 19.8. The average Bonchev–Trinajstić information content (AvgIpc) is 2.84. The molecule has 3 heterocycles. The predicted molar refractivity (Wildman–Crippen MR) is 132 cm³/mol. The van der Waals surface area contributed by atoms with E-state index in [0.29, 0.717) is 28.8 Å². The van der Waals surface area contributed by atoms with Crippen LogP contribution in [0.2, 0.25) is 5.02 Å². The number of benzene rings is 1. The minimum atomic E-state index is -0.795. The van der Waals surface area contributed by atoms with Crippen LogP contribution in [0.5, 0.6) is 5.88 Å². The van der Waals surface area contributed by atoms with Crippen molar-refractivity contribution < 1.29 is 19.0 Å². The van der Waals surface area contributed by atoms with Gasteiger partial charge in [-0.25, -0.2) is 9.37 Å². The number of aromatic nitrogens is 2. The maximum atomic E-state index is 14.0. The standard InChI is InChI=1S/C27H29ClFN3O3/c1-18-13-19(5-8-27(33)34)15-30-25(18)16-32-11-9-20(10-12-32)24-3-2-4-26(31-24)35-17-21-6-7-22(28)14-23(21)29/h2-4,6-7,13-15,20H,5,8-12,16-17H2,1H3,(H,33,34). The van der Waals surface area contributed by atoms with E-state index in [9.17, 15) is 9.18 Å². The zero-order valence-electron chi connectivity index (χ0n) is 19.7. The Hall–Kier alpha value is -3.03. The van der Waals surface area contributed by atoms with E-state index in [1.165, 1.54) is 6.07 Å². The van der Waals surface area contributed by atoms with Crippen LogP contribution in [0, 0.1) is 12.7 Å². The van der Waals surface area contributed by atoms with Crippen LogP contribution in [0.1, 0.15) is 53.3 Å². The van der Waals surface area contributed by atoms with Gasteiger partial charge in [0.2, 0.25) is 5.88 Å². The lowest BCUT2D eigenvalue weighted by atomic mass is 9.93. The summed E-state index contributed by atoms with van der Waals surface area (Å²) in [6, 6.07) is 12.3. The molecule has 2 aromatic heterocycles. The first-order valence-electron chi connectivity index (χ1n) is 11.8. The van der Waals surface area contributed by atoms with Gasteiger partial charge in [-0.15, -0.1) is 0 Å². The molecule has 0 atom stereocenters. The summed E-state index contributed by atoms with van der Waals surface area (Å²) in [4.78, 5) is 22.5. The number of piperidine rings is 1. The molecule has 0 aliphatic carbocycles. The van der Waals surface area contributed by atoms with E-state index in [2.05, 4.69) is 14.9 Å². The van der Waals surface area contributed by atoms with Gasteiger partial charge in [-0.2, -0.15) is 0 Å². The highest BCUT2D eigenvalue weighted by molar-refractivity contribution is 6.30. The number of nitrogens with zero attached hydrogens (tertiary/aromatic N) is 3. The van der Waals surface area contributed by atoms with Gasteiger partial charge in [0, 0.05) is 47.4 Å². The van der Waals surface area contributed by atoms with Crippen LogP contribution in [0.15, 0.2) is 48.7 Å². The van der Waals surface area contributed by atoms with Crippen LogP contribution in [-0.2, 0) is 24.4 Å². The molecular formula is C27H29ClFN3O3. The Balaban J connectivity index is 1.30. The number of hydrogen-bond acceptors (Lipinski definition) is 5. The fourth-order valence-electron chi connectivity index (χ4n) is 4.34. The molecule has 0 bridgehead atoms. The van der Waals surface area contributed by atoms with Gasteiger partial charge in [-0.05, 0) is 68.6 Å². The molecule has 6 nitrogen and oxygen atoms in total. The molecule has 1 aromatic carbocycles. The number of carboxylic acids is 1. The maximum Gasteiger partial charge on any atom is 0.303 e. The van der Waals surface area contributed by atoms with Crippen molar-refractivity contribution in [3.8, 4) is 5.88 Å². The van der Waals surface area contributed by atoms with E-state index in [0.717, 1.165) is 55.0 Å². The summed E-state index contributed by atoms with van der Waals surface area (Å²) in [6.45, 7) is 4.79. The largest absolute Gasteiger partial charge is 0.481 e. The molecule has 8 heteroatoms. The highest BCUT2D eigenvalue weighted by Gasteiger charge is 2.23. The molecule has 0 unspecified atom stereocenters. The number of ether oxygens (including phenoxy) is 1. The Morgan fingerprint density at radius 3 is 2.74 bits per heavy atom. The van der Waals surface area contributed by atoms with Crippen molar-refractivity contribution >= 4 is 17.6 Å². The van der Waals surface area contributed by atoms with Crippen molar-refractivity contribution in [3.63, 3.8) is 0 Å². The van der Waals surface area contributed by atoms with Gasteiger partial charge in [-0.3, -0.25) is 14.7 Å². The van der Waals surface area contributed by atoms with E-state index >= 15 is 0 Å². The Morgan fingerprint density at radius 2 is 2.03 bits per heavy atom. The average molecular weight is 498 g/mol. The first-order valence-corrected chi connectivity index (χ1v) is 12.2. The molecule has 4 rings (SSSR count). The fourth-order valence-corrected chi connectivity index (χ4v) is 4.50. The highest BCUT2D eigenvalue weighted by atomic mass is 35.5. The minimum Gasteiger partial charge on any atom is -0.481 e. The maximum absolute atomic E-state index is 14.0. The Bertz CT molecular complexity index is 1180. The van der Waals surface area contributed by atoms with Crippen LogP contribution >= 0.6 is 11.6 Å². The molecular weight excluding hydrogens is 469 g/mol. The van der Waals surface area contributed by atoms with Gasteiger partial charge in [0.1, 0.15) is 12.4 Å². The lowest BCUT2D eigenvalue weighted by Gasteiger charge is -2.31. The van der Waals surface area contributed by atoms with Crippen molar-refractivity contribution in [1.29, 1.82) is 0 Å². The SMILES string of the molecule is Cc1cc(CCC(=O)O)cnc1CN1CCC(c2cccc(OCc3ccc(Cl)cc3F)n2)CC1. The molecule has 0 spiro atoms. The topological polar surface area (TPSA) is 75.5 Å². The number of hydrogen-bond donors (Lipinski definition) is 1. The van der Waals surface area contributed by atoms with Crippen molar-refractivity contribution in [2.24, 2.45) is 0 Å². The van der Waals surface area contributed by atoms with Crippen molar-refractivity contribution in [3.05, 3.63) is 87.6 Å². The normalized spacial score (nSPS) is 14.7. The Kier molecular flexibility index (Phi) is 8.31. The number of aryl methyl sites for hydroxylation is 2. The third kappa shape index (κ3) is 6.99. The van der Waals surface area contributed by atoms with Gasteiger partial charge in [0.05, 0.1) is 5.69 Å². The van der Waals surface area contributed by atoms with E-state index in [1.54, 1.807) is 24.4 Å². The van der Waals surface area contributed by atoms with E-state index in [1.807, 2.05) is 25.1 Å². The lowest BCUT2D eigenvalue weighted by molar-refractivity contribution is -0.136. The van der Waals surface area contributed by atoms with Crippen LogP contribution in [-0.4, -0.2) is 39.0 Å². The zero-order chi connectivity index (χ0) is 24.8. The molecule has 1 aliphatic heterocycles. The van der Waals surface area contributed by atoms with E-state index in [-0.39, 0.29) is 18.8 Å². The van der Waals surface area contributed by atoms with Crippen LogP contribution in [0.3, 0.4) is 0 Å². The molecule has 3 aromatic rings. The molecule has 0 radical (unpaired) electrons. The fraction of sp³-hybridized carbons (Fsp3) is 0.370. The van der Waals surface area contributed by atoms with Crippen molar-refractivity contribution in [2.45, 2.75) is 51.7 Å². The van der Waals surface area contributed by atoms with E-state index < -0.39 is 5.97 Å². The second-order valence-electron chi connectivity index (χ2n) is 8.98. The third-order valence-corrected chi connectivity index (χ3v) is 6.62. The molecule has 1 N–H and O–H groups in total. The third-order valence-electron chi connectivity index (χ3n) is 6.39. The summed E-state index contributed by atoms with van der Waals surface area (Å²) in [7, 11) is 0. The van der Waals surface area contributed by atoms with Gasteiger partial charge >= 0.3 is 5.97 Å². The minimum absolute atomic E-state index is 0.0966. The quantitative estimate of drug-likeness (QED) is 0.417. The molecule has 0 amide bonds. The van der Waals surface area contributed by atoms with Gasteiger partial charge < -0.3 is 9.84 Å². The lowest BCUT2D eigenvalue weighted by Crippen LogP contribution is -2.33. The summed E-state index contributed by atoms with van der Waals surface area (Å²) in [6.07, 6.45) is 4.38. The van der Waals surface area contributed by atoms with E-state index in [4.69, 9.17) is 21.4 Å². The van der Waals surface area contributed by atoms with Gasteiger partial charge in [-0.1, -0.05) is 29.8 Å². The van der Waals surface area contributed by atoms with Crippen molar-refractivity contribution in [1.82, 2.24) is 14.9 Å². The summed E-state index contributed by atoms with van der Waals surface area (Å²) in [5.41, 5.74) is 4.52. The first kappa shape index (κ1) is 25.1. The summed E-state index contributed by atoms with van der Waals surface area (Å²) in [5.74, 6) is -0.353. The molecule has 1 aliphatic rings. The first-order chi connectivity index (χ1) is 16.9. The highest BCUT2D eigenvalue weighted by Crippen LogP contribution is 2.29. The number of pyridine rings is 2. The second-order valence-corrected chi connectivity index (χ2v) is 9.41. The monoisotopic (exact) mass is 497 g/mol. The number of aliphatic carboxylic acids is 1. The number of rotatable bonds is 9. The molecule has 35 heavy (non-hydrogen) atoms. The number of carbonyl (C=O) groups is 1. The number of carboxylic acid groups (broad SMARTS) is 1. The van der Waals surface area contributed by atoms with Crippen LogP contribution in [0.25, 0.3) is 0 Å². The number of likely N-dealkylation sites (tertiary alicyclic amines) is 1. The molecule has 184 valence electrons. The second kappa shape index (κ2) is 11.6.